The first-order valence-corrected chi connectivity index (χ1v) is 34.2. The zero-order valence-corrected chi connectivity index (χ0v) is 57.6. The van der Waals surface area contributed by atoms with Gasteiger partial charge in [-0.3, -0.25) is 47.6 Å². The Morgan fingerprint density at radius 3 is 1.73 bits per heavy atom. The van der Waals surface area contributed by atoms with Gasteiger partial charge in [-0.25, -0.2) is 15.0 Å². The summed E-state index contributed by atoms with van der Waals surface area (Å²) in [5, 5.41) is 9.84. The average Bonchev–Trinajstić information content (AvgIpc) is 0.797. The minimum Gasteiger partial charge on any atom is -0.492 e. The molecule has 13 rings (SSSR count). The molecule has 2 N–H and O–H groups in total. The molecule has 20 nitrogen and oxygen atoms in total. The van der Waals surface area contributed by atoms with E-state index in [1.807, 2.05) is 138 Å². The number of hydrogen-bond acceptors (Lipinski definition) is 16. The number of aromatic nitrogens is 6. The lowest BCUT2D eigenvalue weighted by Gasteiger charge is -2.38. The molecule has 0 bridgehead atoms. The fourth-order valence-electron chi connectivity index (χ4n) is 12.3. The summed E-state index contributed by atoms with van der Waals surface area (Å²) in [6.45, 7) is 22.4. The molecule has 3 saturated heterocycles. The molecule has 0 aliphatic carbocycles. The number of aryl methyl sites for hydroxylation is 1. The second-order valence-electron chi connectivity index (χ2n) is 23.7. The van der Waals surface area contributed by atoms with Crippen LogP contribution in [0, 0.1) is 6.92 Å². The van der Waals surface area contributed by atoms with Gasteiger partial charge in [-0.2, -0.15) is 0 Å². The summed E-state index contributed by atoms with van der Waals surface area (Å²) in [5.41, 5.74) is 4.65. The maximum Gasteiger partial charge on any atom is 0.267 e. The van der Waals surface area contributed by atoms with Gasteiger partial charge in [0.25, 0.3) is 22.6 Å². The highest BCUT2D eigenvalue weighted by Crippen LogP contribution is 2.32. The van der Waals surface area contributed by atoms with Gasteiger partial charge in [-0.05, 0) is 163 Å². The summed E-state index contributed by atoms with van der Waals surface area (Å²) in [4.78, 5) is 77.1. The Hall–Kier alpha value is -8.70. The zero-order valence-electron chi connectivity index (χ0n) is 55.3. The third kappa shape index (κ3) is 16.7. The second kappa shape index (κ2) is 33.0. The van der Waals surface area contributed by atoms with Crippen molar-refractivity contribution in [2.75, 3.05) is 105 Å². The van der Waals surface area contributed by atoms with E-state index in [0.29, 0.717) is 147 Å². The molecule has 0 saturated carbocycles. The van der Waals surface area contributed by atoms with Gasteiger partial charge in [0.15, 0.2) is 6.61 Å². The van der Waals surface area contributed by atoms with E-state index in [4.69, 9.17) is 68.7 Å². The minimum absolute atomic E-state index is 0.0437. The van der Waals surface area contributed by atoms with Crippen LogP contribution in [0.15, 0.2) is 166 Å². The molecule has 506 valence electrons. The van der Waals surface area contributed by atoms with E-state index < -0.39 is 0 Å². The number of rotatable bonds is 18. The molecule has 10 aromatic rings. The van der Waals surface area contributed by atoms with Gasteiger partial charge >= 0.3 is 0 Å². The quantitative estimate of drug-likeness (QED) is 0.0822. The van der Waals surface area contributed by atoms with E-state index in [9.17, 15) is 19.2 Å². The number of ether oxygens (including phenoxy) is 4. The van der Waals surface area contributed by atoms with E-state index in [0.717, 1.165) is 81.4 Å². The van der Waals surface area contributed by atoms with Crippen LogP contribution in [0.4, 0.5) is 0 Å². The molecule has 0 radical (unpaired) electrons. The molecule has 0 spiro atoms. The van der Waals surface area contributed by atoms with Crippen LogP contribution in [0.25, 0.3) is 49.8 Å². The molecule has 97 heavy (non-hydrogen) atoms. The van der Waals surface area contributed by atoms with E-state index in [2.05, 4.69) is 25.3 Å². The molecular formula is C74H81Cl3N12O8. The van der Waals surface area contributed by atoms with Crippen LogP contribution in [0.2, 0.25) is 15.1 Å². The number of hydrogen-bond donors (Lipinski definition) is 2. The van der Waals surface area contributed by atoms with Crippen LogP contribution in [-0.2, 0) is 17.9 Å². The van der Waals surface area contributed by atoms with Crippen LogP contribution in [0.3, 0.4) is 0 Å². The second-order valence-corrected chi connectivity index (χ2v) is 25.0. The Kier molecular flexibility index (Phi) is 23.7. The molecule has 1 unspecified atom stereocenters. The Bertz CT molecular complexity index is 4570. The van der Waals surface area contributed by atoms with Gasteiger partial charge in [0.1, 0.15) is 40.5 Å². The number of piperazine rings is 2. The van der Waals surface area contributed by atoms with Crippen LogP contribution < -0.4 is 46.3 Å². The smallest absolute Gasteiger partial charge is 0.267 e. The van der Waals surface area contributed by atoms with E-state index in [1.54, 1.807) is 67.1 Å². The molecule has 7 aromatic carbocycles. The van der Waals surface area contributed by atoms with Crippen molar-refractivity contribution in [3.8, 4) is 40.1 Å². The predicted molar refractivity (Wildman–Crippen MR) is 385 cm³/mol. The lowest BCUT2D eigenvalue weighted by atomic mass is 10.1. The molecule has 23 heteroatoms. The Morgan fingerprint density at radius 1 is 0.505 bits per heavy atom. The van der Waals surface area contributed by atoms with Crippen LogP contribution in [0.5, 0.6) is 23.0 Å². The fourth-order valence-corrected chi connectivity index (χ4v) is 12.9. The van der Waals surface area contributed by atoms with Crippen molar-refractivity contribution in [2.45, 2.75) is 60.2 Å². The maximum absolute atomic E-state index is 13.9. The van der Waals surface area contributed by atoms with Gasteiger partial charge in [0.2, 0.25) is 0 Å². The van der Waals surface area contributed by atoms with Gasteiger partial charge in [0.05, 0.1) is 93.7 Å². The van der Waals surface area contributed by atoms with Gasteiger partial charge in [0, 0.05) is 75.5 Å². The number of fused-ring (bicyclic) bond motifs is 3. The Morgan fingerprint density at radius 2 is 1.05 bits per heavy atom. The largest absolute Gasteiger partial charge is 0.492 e. The van der Waals surface area contributed by atoms with Crippen molar-refractivity contribution in [2.24, 2.45) is 0 Å². The number of nitrogens with zero attached hydrogens (tertiary/aromatic N) is 10. The first-order valence-electron chi connectivity index (χ1n) is 33.1. The third-order valence-corrected chi connectivity index (χ3v) is 18.0. The average molecular weight is 1370 g/mol. The topological polar surface area (TPSA) is 196 Å². The number of carbonyl (C=O) groups excluding carboxylic acids is 1. The number of halogens is 3. The number of benzene rings is 7. The monoisotopic (exact) mass is 1370 g/mol. The van der Waals surface area contributed by atoms with Crippen LogP contribution in [0.1, 0.15) is 63.2 Å². The Labute approximate surface area is 578 Å². The van der Waals surface area contributed by atoms with Crippen molar-refractivity contribution in [1.82, 2.24) is 58.9 Å². The molecule has 1 atom stereocenters. The summed E-state index contributed by atoms with van der Waals surface area (Å²) in [6.07, 6.45) is 1.09. The normalized spacial score (nSPS) is 15.0. The highest BCUT2D eigenvalue weighted by Gasteiger charge is 2.30. The van der Waals surface area contributed by atoms with E-state index in [-0.39, 0.29) is 35.2 Å². The van der Waals surface area contributed by atoms with Gasteiger partial charge in [-0.15, -0.1) is 0 Å². The van der Waals surface area contributed by atoms with Crippen molar-refractivity contribution in [1.29, 1.82) is 0 Å². The van der Waals surface area contributed by atoms with Crippen molar-refractivity contribution < 1.29 is 23.7 Å². The molecule has 6 heterocycles. The van der Waals surface area contributed by atoms with E-state index >= 15 is 0 Å². The summed E-state index contributed by atoms with van der Waals surface area (Å²) in [6, 6.07) is 45.7. The molecular weight excluding hydrogens is 1290 g/mol. The van der Waals surface area contributed by atoms with Crippen LogP contribution >= 0.6 is 34.8 Å². The number of para-hydroxylation sites is 5. The van der Waals surface area contributed by atoms with E-state index in [1.165, 1.54) is 0 Å². The number of carbonyl (C=O) groups is 1. The first-order chi connectivity index (χ1) is 47.2. The molecule has 1 amide bonds. The number of amides is 1. The van der Waals surface area contributed by atoms with Gasteiger partial charge in [-0.1, -0.05) is 83.3 Å². The Balaban J connectivity index is 0.000000151. The first kappa shape index (κ1) is 69.6. The zero-order chi connectivity index (χ0) is 68.0. The fraction of sp³-hybridized carbons (Fsp3) is 0.338. The summed E-state index contributed by atoms with van der Waals surface area (Å²) in [5.74, 6) is 4.51. The number of nitrogens with one attached hydrogen (secondary N) is 2. The highest BCUT2D eigenvalue weighted by molar-refractivity contribution is 6.35. The van der Waals surface area contributed by atoms with Crippen LogP contribution in [-0.4, -0.2) is 159 Å². The predicted octanol–water partition coefficient (Wildman–Crippen LogP) is 11.1. The van der Waals surface area contributed by atoms with Gasteiger partial charge < -0.3 is 34.5 Å². The lowest BCUT2D eigenvalue weighted by Crippen LogP contribution is -2.51. The summed E-state index contributed by atoms with van der Waals surface area (Å²) in [7, 11) is 0. The standard InChI is InChI=1S/C30H30Cl2N4O4.C23H28N4O2.C21H23ClN4O2/c1-3-39-27-7-5-4-6-26(27)36-29(33-25-18-22(32)10-13-24(25)30(36)38)20(2)34-14-16-35(17-15-34)28(37)19-40-23-11-8-21(31)9-12-23;1-3-29-21-15-17(2)9-10-20(21)27-22(16-26-13-6-11-24-12-14-26)25-19-8-5-4-7-18(19)23(27)28;1-2-28-18-9-4-3-8-17(18)26-19(14-25-12-10-23-11-13-25)24-16-7-5-6-15(22)20(16)21(26)27/h4-13,18,20H,3,14-17,19H2,1-2H3;4-5,7-10,15,24H,3,6,11-14,16H2,1-2H3;3-9,23H,2,10-14H2,1H3. The SMILES string of the molecule is CCOc1cc(C)ccc1-n1c(CN2CCCNCC2)nc2ccccc2c1=O.CCOc1ccccc1-n1c(C(C)N2CCN(C(=O)COc3ccc(Cl)cc3)CC2)nc2cc(Cl)ccc2c1=O.CCOc1ccccc1-n1c(CN2CCNCC2)nc2cccc(Cl)c2c1=O. The summed E-state index contributed by atoms with van der Waals surface area (Å²) < 4.78 is 28.2. The lowest BCUT2D eigenvalue weighted by molar-refractivity contribution is -0.135. The molecule has 3 fully saturated rings. The third-order valence-electron chi connectivity index (χ3n) is 17.2. The van der Waals surface area contributed by atoms with Crippen molar-refractivity contribution in [3.63, 3.8) is 0 Å². The summed E-state index contributed by atoms with van der Waals surface area (Å²) >= 11 is 18.5. The maximum atomic E-state index is 13.9. The van der Waals surface area contributed by atoms with Crippen molar-refractivity contribution in [3.05, 3.63) is 221 Å². The molecule has 3 aliphatic rings. The molecule has 3 aromatic heterocycles. The molecule has 3 aliphatic heterocycles. The van der Waals surface area contributed by atoms with Crippen molar-refractivity contribution >= 4 is 73.4 Å². The highest BCUT2D eigenvalue weighted by atomic mass is 35.5. The minimum atomic E-state index is -0.228.